The summed E-state index contributed by atoms with van der Waals surface area (Å²) in [6, 6.07) is 7.04. The minimum Gasteiger partial charge on any atom is -0.368 e. The molecule has 1 fully saturated rings. The van der Waals surface area contributed by atoms with Crippen LogP contribution in [0.15, 0.2) is 18.2 Å². The summed E-state index contributed by atoms with van der Waals surface area (Å²) in [5, 5.41) is 0.776. The fourth-order valence-electron chi connectivity index (χ4n) is 2.55. The van der Waals surface area contributed by atoms with Crippen LogP contribution in [0.2, 0.25) is 5.02 Å². The lowest BCUT2D eigenvalue weighted by atomic mass is 10.1. The lowest BCUT2D eigenvalue weighted by molar-refractivity contribution is 0.170. The van der Waals surface area contributed by atoms with Crippen LogP contribution >= 0.6 is 23.2 Å². The average Bonchev–Trinajstić information content (AvgIpc) is 2.35. The van der Waals surface area contributed by atoms with E-state index >= 15 is 0 Å². The van der Waals surface area contributed by atoms with Crippen LogP contribution in [0.5, 0.6) is 0 Å². The highest BCUT2D eigenvalue weighted by atomic mass is 35.5. The van der Waals surface area contributed by atoms with Crippen molar-refractivity contribution in [3.8, 4) is 0 Å². The van der Waals surface area contributed by atoms with E-state index in [4.69, 9.17) is 23.2 Å². The van der Waals surface area contributed by atoms with E-state index in [2.05, 4.69) is 30.7 Å². The molecule has 0 saturated carbocycles. The maximum Gasteiger partial charge on any atom is 0.0494 e. The molecule has 2 nitrogen and oxygen atoms in total. The fourth-order valence-corrected chi connectivity index (χ4v) is 2.94. The van der Waals surface area contributed by atoms with Crippen molar-refractivity contribution in [2.24, 2.45) is 0 Å². The van der Waals surface area contributed by atoms with E-state index < -0.39 is 0 Å². The Labute approximate surface area is 119 Å². The highest BCUT2D eigenvalue weighted by Gasteiger charge is 2.27. The molecule has 2 rings (SSSR count). The van der Waals surface area contributed by atoms with Crippen LogP contribution in [0.3, 0.4) is 0 Å². The molecule has 4 heteroatoms. The summed E-state index contributed by atoms with van der Waals surface area (Å²) >= 11 is 12.1. The molecule has 1 saturated heterocycles. The van der Waals surface area contributed by atoms with Crippen LogP contribution in [0, 0.1) is 0 Å². The highest BCUT2D eigenvalue weighted by Crippen LogP contribution is 2.29. The van der Waals surface area contributed by atoms with Crippen molar-refractivity contribution in [1.82, 2.24) is 4.90 Å². The maximum absolute atomic E-state index is 6.11. The summed E-state index contributed by atoms with van der Waals surface area (Å²) in [6.45, 7) is 6.55. The first kappa shape index (κ1) is 14.0. The second kappa shape index (κ2) is 5.68. The molecule has 2 atom stereocenters. The first-order valence-corrected chi connectivity index (χ1v) is 7.25. The molecule has 100 valence electrons. The number of nitrogens with zero attached hydrogens (tertiary/aromatic N) is 2. The van der Waals surface area contributed by atoms with Crippen molar-refractivity contribution in [3.05, 3.63) is 28.8 Å². The van der Waals surface area contributed by atoms with Gasteiger partial charge < -0.3 is 4.90 Å². The van der Waals surface area contributed by atoms with Gasteiger partial charge >= 0.3 is 0 Å². The predicted octanol–water partition coefficient (Wildman–Crippen LogP) is 3.61. The molecular formula is C14H20Cl2N2. The number of rotatable bonds is 2. The summed E-state index contributed by atoms with van der Waals surface area (Å²) in [5.41, 5.74) is 2.34. The monoisotopic (exact) mass is 286 g/mol. The first-order chi connectivity index (χ1) is 8.52. The van der Waals surface area contributed by atoms with Gasteiger partial charge in [0.2, 0.25) is 0 Å². The summed E-state index contributed by atoms with van der Waals surface area (Å²) < 4.78 is 0. The van der Waals surface area contributed by atoms with Crippen LogP contribution < -0.4 is 4.90 Å². The Bertz CT molecular complexity index is 410. The van der Waals surface area contributed by atoms with Gasteiger partial charge in [-0.1, -0.05) is 17.7 Å². The van der Waals surface area contributed by atoms with E-state index in [1.807, 2.05) is 18.2 Å². The Balaban J connectivity index is 2.28. The van der Waals surface area contributed by atoms with Gasteiger partial charge in [0.05, 0.1) is 0 Å². The number of likely N-dealkylation sites (N-methyl/N-ethyl adjacent to an activating group) is 1. The molecule has 0 aliphatic carbocycles. The molecule has 0 aromatic heterocycles. The number of hydrogen-bond acceptors (Lipinski definition) is 2. The summed E-state index contributed by atoms with van der Waals surface area (Å²) in [7, 11) is 2.19. The van der Waals surface area contributed by atoms with Crippen molar-refractivity contribution in [2.75, 3.05) is 25.0 Å². The Morgan fingerprint density at radius 3 is 2.39 bits per heavy atom. The maximum atomic E-state index is 6.11. The van der Waals surface area contributed by atoms with Crippen molar-refractivity contribution >= 4 is 28.9 Å². The van der Waals surface area contributed by atoms with Crippen molar-refractivity contribution in [2.45, 2.75) is 31.8 Å². The van der Waals surface area contributed by atoms with E-state index in [1.54, 1.807) is 0 Å². The normalized spacial score (nSPS) is 25.5. The Morgan fingerprint density at radius 1 is 1.22 bits per heavy atom. The van der Waals surface area contributed by atoms with Gasteiger partial charge in [-0.15, -0.1) is 11.6 Å². The van der Waals surface area contributed by atoms with E-state index in [0.29, 0.717) is 18.0 Å². The molecule has 0 amide bonds. The summed E-state index contributed by atoms with van der Waals surface area (Å²) in [6.07, 6.45) is 0. The number of benzene rings is 1. The lowest BCUT2D eigenvalue weighted by Crippen LogP contribution is -2.55. The minimum atomic E-state index is 0.529. The van der Waals surface area contributed by atoms with Crippen LogP contribution in [-0.2, 0) is 5.88 Å². The third-order valence-electron chi connectivity index (χ3n) is 3.89. The molecule has 1 heterocycles. The largest absolute Gasteiger partial charge is 0.368 e. The molecular weight excluding hydrogens is 267 g/mol. The standard InChI is InChI=1S/C14H20Cl2N2/c1-10-8-18(9-11(2)17(10)3)14-6-13(16)5-4-12(14)7-15/h4-6,10-11H,7-9H2,1-3H3. The van der Waals surface area contributed by atoms with Crippen molar-refractivity contribution in [1.29, 1.82) is 0 Å². The third kappa shape index (κ3) is 2.76. The molecule has 0 N–H and O–H groups in total. The molecule has 18 heavy (non-hydrogen) atoms. The zero-order valence-corrected chi connectivity index (χ0v) is 12.7. The quantitative estimate of drug-likeness (QED) is 0.767. The zero-order valence-electron chi connectivity index (χ0n) is 11.2. The predicted molar refractivity (Wildman–Crippen MR) is 79.9 cm³/mol. The second-order valence-corrected chi connectivity index (χ2v) is 5.88. The summed E-state index contributed by atoms with van der Waals surface area (Å²) in [4.78, 5) is 4.82. The number of anilines is 1. The van der Waals surface area contributed by atoms with Crippen LogP contribution in [0.1, 0.15) is 19.4 Å². The van der Waals surface area contributed by atoms with Gasteiger partial charge in [-0.25, -0.2) is 0 Å². The van der Waals surface area contributed by atoms with E-state index in [9.17, 15) is 0 Å². The number of halogens is 2. The number of alkyl halides is 1. The van der Waals surface area contributed by atoms with Gasteiger partial charge in [0, 0.05) is 41.8 Å². The minimum absolute atomic E-state index is 0.529. The Hall–Kier alpha value is -0.440. The molecule has 1 aliphatic heterocycles. The molecule has 0 spiro atoms. The molecule has 0 radical (unpaired) electrons. The third-order valence-corrected chi connectivity index (χ3v) is 4.41. The Kier molecular flexibility index (Phi) is 4.41. The van der Waals surface area contributed by atoms with Crippen LogP contribution in [0.4, 0.5) is 5.69 Å². The van der Waals surface area contributed by atoms with Gasteiger partial charge in [-0.3, -0.25) is 4.90 Å². The van der Waals surface area contributed by atoms with E-state index in [0.717, 1.165) is 23.7 Å². The van der Waals surface area contributed by atoms with E-state index in [1.165, 1.54) is 5.69 Å². The van der Waals surface area contributed by atoms with Gasteiger partial charge in [-0.05, 0) is 38.6 Å². The molecule has 1 aliphatic rings. The molecule has 2 unspecified atom stereocenters. The highest BCUT2D eigenvalue weighted by molar-refractivity contribution is 6.31. The van der Waals surface area contributed by atoms with Gasteiger partial charge in [-0.2, -0.15) is 0 Å². The number of hydrogen-bond donors (Lipinski definition) is 0. The van der Waals surface area contributed by atoms with Crippen LogP contribution in [-0.4, -0.2) is 37.1 Å². The zero-order chi connectivity index (χ0) is 13.3. The van der Waals surface area contributed by atoms with Crippen LogP contribution in [0.25, 0.3) is 0 Å². The number of piperazine rings is 1. The van der Waals surface area contributed by atoms with Gasteiger partial charge in [0.25, 0.3) is 0 Å². The average molecular weight is 287 g/mol. The fraction of sp³-hybridized carbons (Fsp3) is 0.571. The molecule has 1 aromatic carbocycles. The summed E-state index contributed by atoms with van der Waals surface area (Å²) in [5.74, 6) is 0.529. The van der Waals surface area contributed by atoms with Gasteiger partial charge in [0.1, 0.15) is 0 Å². The Morgan fingerprint density at radius 2 is 1.83 bits per heavy atom. The topological polar surface area (TPSA) is 6.48 Å². The van der Waals surface area contributed by atoms with Gasteiger partial charge in [0.15, 0.2) is 0 Å². The SMILES string of the molecule is CC1CN(c2cc(Cl)ccc2CCl)CC(C)N1C. The van der Waals surface area contributed by atoms with E-state index in [-0.39, 0.29) is 0 Å². The van der Waals surface area contributed by atoms with Crippen molar-refractivity contribution < 1.29 is 0 Å². The first-order valence-electron chi connectivity index (χ1n) is 6.34. The van der Waals surface area contributed by atoms with Crippen molar-refractivity contribution in [3.63, 3.8) is 0 Å². The smallest absolute Gasteiger partial charge is 0.0494 e. The molecule has 1 aromatic rings. The molecule has 0 bridgehead atoms. The lowest BCUT2D eigenvalue weighted by Gasteiger charge is -2.44. The second-order valence-electron chi connectivity index (χ2n) is 5.18.